The topological polar surface area (TPSA) is 75.5 Å². The molecule has 2 aromatic rings. The van der Waals surface area contributed by atoms with Crippen LogP contribution in [0.15, 0.2) is 29.4 Å². The highest BCUT2D eigenvalue weighted by Gasteiger charge is 2.31. The minimum atomic E-state index is -0.506. The van der Waals surface area contributed by atoms with Crippen LogP contribution in [0.25, 0.3) is 10.2 Å². The zero-order valence-corrected chi connectivity index (χ0v) is 14.7. The van der Waals surface area contributed by atoms with Crippen molar-refractivity contribution in [3.63, 3.8) is 0 Å². The third-order valence-electron chi connectivity index (χ3n) is 4.49. The number of amides is 2. The highest BCUT2D eigenvalue weighted by atomic mass is 32.1. The first-order valence-corrected chi connectivity index (χ1v) is 9.03. The number of fused-ring (bicyclic) bond motifs is 1. The van der Waals surface area contributed by atoms with E-state index in [2.05, 4.69) is 15.8 Å². The van der Waals surface area contributed by atoms with Gasteiger partial charge in [0.15, 0.2) is 0 Å². The molecule has 1 aliphatic carbocycles. The van der Waals surface area contributed by atoms with Crippen LogP contribution >= 0.6 is 11.3 Å². The van der Waals surface area contributed by atoms with Crippen molar-refractivity contribution in [2.45, 2.75) is 38.6 Å². The zero-order chi connectivity index (χ0) is 17.1. The Bertz CT molecular complexity index is 817. The van der Waals surface area contributed by atoms with Crippen LogP contribution in [0, 0.1) is 5.92 Å². The number of para-hydroxylation sites is 1. The lowest BCUT2D eigenvalue weighted by Gasteiger charge is -2.21. The van der Waals surface area contributed by atoms with E-state index >= 15 is 0 Å². The number of hydrogen-bond acceptors (Lipinski definition) is 4. The molecule has 1 aliphatic rings. The van der Waals surface area contributed by atoms with Gasteiger partial charge in [0.1, 0.15) is 6.04 Å². The van der Waals surface area contributed by atoms with Gasteiger partial charge in [0.05, 0.1) is 10.2 Å². The second-order valence-electron chi connectivity index (χ2n) is 6.22. The molecule has 2 N–H and O–H groups in total. The summed E-state index contributed by atoms with van der Waals surface area (Å²) in [6.07, 6.45) is 4.15. The van der Waals surface area contributed by atoms with E-state index in [4.69, 9.17) is 0 Å². The maximum atomic E-state index is 12.5. The molecule has 128 valence electrons. The maximum absolute atomic E-state index is 12.5. The quantitative estimate of drug-likeness (QED) is 0.829. The van der Waals surface area contributed by atoms with Crippen molar-refractivity contribution in [3.05, 3.63) is 29.1 Å². The molecule has 7 heteroatoms. The maximum Gasteiger partial charge on any atom is 0.263 e. The fraction of sp³-hybridized carbons (Fsp3) is 0.471. The van der Waals surface area contributed by atoms with Crippen LogP contribution in [0.3, 0.4) is 0 Å². The standard InChI is InChI=1S/C17H22N4O2S/c1-11(22)18-15(12-7-3-4-8-12)16(23)19-20-17-21(2)13-9-5-6-10-14(13)24-17/h5-6,9-10,12,15H,3-4,7-8H2,1-2H3,(H,18,22)(H,19,23)/b20-17-. The number of thiazole rings is 1. The van der Waals surface area contributed by atoms with Crippen molar-refractivity contribution in [2.24, 2.45) is 18.1 Å². The van der Waals surface area contributed by atoms with Gasteiger partial charge in [-0.05, 0) is 30.9 Å². The molecule has 1 saturated carbocycles. The summed E-state index contributed by atoms with van der Waals surface area (Å²) >= 11 is 1.52. The van der Waals surface area contributed by atoms with Crippen molar-refractivity contribution < 1.29 is 9.59 Å². The molecule has 2 amide bonds. The highest BCUT2D eigenvalue weighted by Crippen LogP contribution is 2.27. The number of carbonyl (C=O) groups is 2. The van der Waals surface area contributed by atoms with Gasteiger partial charge in [-0.2, -0.15) is 0 Å². The molecule has 1 aromatic carbocycles. The SMILES string of the molecule is CC(=O)NC(C(=O)N/N=c1\sc2ccccc2n1C)C1CCCC1. The van der Waals surface area contributed by atoms with Crippen LogP contribution < -0.4 is 15.5 Å². The monoisotopic (exact) mass is 346 g/mol. The predicted molar refractivity (Wildman–Crippen MR) is 94.1 cm³/mol. The predicted octanol–water partition coefficient (Wildman–Crippen LogP) is 1.87. The fourth-order valence-corrected chi connectivity index (χ4v) is 4.25. The number of rotatable bonds is 4. The molecule has 3 rings (SSSR count). The van der Waals surface area contributed by atoms with Crippen LogP contribution in [0.5, 0.6) is 0 Å². The number of nitrogens with one attached hydrogen (secondary N) is 2. The van der Waals surface area contributed by atoms with Crippen molar-refractivity contribution in [2.75, 3.05) is 0 Å². The summed E-state index contributed by atoms with van der Waals surface area (Å²) < 4.78 is 3.06. The fourth-order valence-electron chi connectivity index (χ4n) is 3.27. The zero-order valence-electron chi connectivity index (χ0n) is 13.9. The van der Waals surface area contributed by atoms with Crippen LogP contribution in [0.2, 0.25) is 0 Å². The summed E-state index contributed by atoms with van der Waals surface area (Å²) in [6.45, 7) is 1.44. The van der Waals surface area contributed by atoms with Gasteiger partial charge in [0, 0.05) is 14.0 Å². The van der Waals surface area contributed by atoms with Crippen LogP contribution in [-0.2, 0) is 16.6 Å². The number of aryl methyl sites for hydroxylation is 1. The number of benzene rings is 1. The van der Waals surface area contributed by atoms with E-state index < -0.39 is 6.04 Å². The van der Waals surface area contributed by atoms with E-state index in [1.807, 2.05) is 35.9 Å². The Hall–Kier alpha value is -2.15. The van der Waals surface area contributed by atoms with Gasteiger partial charge in [0.25, 0.3) is 5.91 Å². The summed E-state index contributed by atoms with van der Waals surface area (Å²) in [6, 6.07) is 7.50. The second-order valence-corrected chi connectivity index (χ2v) is 7.23. The molecule has 0 saturated heterocycles. The normalized spacial score (nSPS) is 17.2. The first kappa shape index (κ1) is 16.7. The Morgan fingerprint density at radius 1 is 1.29 bits per heavy atom. The Morgan fingerprint density at radius 3 is 2.67 bits per heavy atom. The van der Waals surface area contributed by atoms with Gasteiger partial charge in [-0.25, -0.2) is 5.43 Å². The van der Waals surface area contributed by atoms with Gasteiger partial charge in [-0.1, -0.05) is 36.3 Å². The largest absolute Gasteiger partial charge is 0.344 e. The van der Waals surface area contributed by atoms with Crippen molar-refractivity contribution >= 4 is 33.4 Å². The van der Waals surface area contributed by atoms with Crippen LogP contribution in [0.1, 0.15) is 32.6 Å². The molecule has 6 nitrogen and oxygen atoms in total. The van der Waals surface area contributed by atoms with Crippen LogP contribution in [-0.4, -0.2) is 22.4 Å². The van der Waals surface area contributed by atoms with Crippen molar-refractivity contribution in [3.8, 4) is 0 Å². The minimum absolute atomic E-state index is 0.186. The third-order valence-corrected chi connectivity index (χ3v) is 5.60. The number of aromatic nitrogens is 1. The molecular formula is C17H22N4O2S. The Labute approximate surface area is 144 Å². The first-order valence-electron chi connectivity index (χ1n) is 8.21. The molecule has 0 bridgehead atoms. The highest BCUT2D eigenvalue weighted by molar-refractivity contribution is 7.16. The molecule has 0 radical (unpaired) electrons. The average Bonchev–Trinajstić information content (AvgIpc) is 3.19. The van der Waals surface area contributed by atoms with E-state index in [9.17, 15) is 9.59 Å². The van der Waals surface area contributed by atoms with Gasteiger partial charge >= 0.3 is 0 Å². The molecule has 24 heavy (non-hydrogen) atoms. The van der Waals surface area contributed by atoms with Crippen molar-refractivity contribution in [1.29, 1.82) is 0 Å². The lowest BCUT2D eigenvalue weighted by atomic mass is 9.97. The van der Waals surface area contributed by atoms with Crippen LogP contribution in [0.4, 0.5) is 0 Å². The lowest BCUT2D eigenvalue weighted by molar-refractivity contribution is -0.129. The Morgan fingerprint density at radius 2 is 2.00 bits per heavy atom. The van der Waals surface area contributed by atoms with E-state index in [0.717, 1.165) is 40.7 Å². The van der Waals surface area contributed by atoms with Gasteiger partial charge in [-0.15, -0.1) is 5.10 Å². The third kappa shape index (κ3) is 3.51. The Kier molecular flexibility index (Phi) is 4.99. The molecule has 1 fully saturated rings. The number of carbonyl (C=O) groups excluding carboxylic acids is 2. The molecule has 1 unspecified atom stereocenters. The summed E-state index contributed by atoms with van der Waals surface area (Å²) in [5.74, 6) is -0.232. The van der Waals surface area contributed by atoms with Gasteiger partial charge in [0.2, 0.25) is 10.7 Å². The lowest BCUT2D eigenvalue weighted by Crippen LogP contribution is -2.49. The molecular weight excluding hydrogens is 324 g/mol. The molecule has 1 aromatic heterocycles. The van der Waals surface area contributed by atoms with E-state index in [-0.39, 0.29) is 17.7 Å². The molecule has 1 heterocycles. The van der Waals surface area contributed by atoms with E-state index in [1.165, 1.54) is 18.3 Å². The first-order chi connectivity index (χ1) is 11.6. The summed E-state index contributed by atoms with van der Waals surface area (Å²) in [5.41, 5.74) is 3.72. The summed E-state index contributed by atoms with van der Waals surface area (Å²) in [7, 11) is 1.92. The van der Waals surface area contributed by atoms with Gasteiger partial charge < -0.3 is 9.88 Å². The number of nitrogens with zero attached hydrogens (tertiary/aromatic N) is 2. The molecule has 1 atom stereocenters. The Balaban J connectivity index is 1.80. The van der Waals surface area contributed by atoms with E-state index in [0.29, 0.717) is 0 Å². The summed E-state index contributed by atoms with van der Waals surface area (Å²) in [4.78, 5) is 24.7. The smallest absolute Gasteiger partial charge is 0.263 e. The second kappa shape index (κ2) is 7.17. The van der Waals surface area contributed by atoms with E-state index in [1.54, 1.807) is 0 Å². The minimum Gasteiger partial charge on any atom is -0.344 e. The average molecular weight is 346 g/mol. The van der Waals surface area contributed by atoms with Gasteiger partial charge in [-0.3, -0.25) is 9.59 Å². The molecule has 0 aliphatic heterocycles. The summed E-state index contributed by atoms with van der Waals surface area (Å²) in [5, 5.41) is 7.06. The van der Waals surface area contributed by atoms with Crippen molar-refractivity contribution in [1.82, 2.24) is 15.3 Å². The number of hydrogen-bond donors (Lipinski definition) is 2. The molecule has 0 spiro atoms.